The number of nitrogens with one attached hydrogen (secondary N) is 1. The van der Waals surface area contributed by atoms with Crippen LogP contribution in [0.15, 0.2) is 24.3 Å². The Morgan fingerprint density at radius 3 is 2.86 bits per heavy atom. The Hall–Kier alpha value is -2.21. The van der Waals surface area contributed by atoms with E-state index in [-0.39, 0.29) is 28.9 Å². The van der Waals surface area contributed by atoms with E-state index >= 15 is 0 Å². The Bertz CT molecular complexity index is 869. The molecule has 1 aromatic carbocycles. The van der Waals surface area contributed by atoms with Crippen molar-refractivity contribution in [1.29, 1.82) is 0 Å². The molecule has 3 aliphatic heterocycles. The van der Waals surface area contributed by atoms with Gasteiger partial charge in [0, 0.05) is 16.9 Å². The highest BCUT2D eigenvalue weighted by Gasteiger charge is 2.66. The second-order valence-corrected chi connectivity index (χ2v) is 8.75. The molecule has 0 aromatic heterocycles. The number of nitrogens with zero attached hydrogens (tertiary/aromatic N) is 1. The van der Waals surface area contributed by atoms with Crippen LogP contribution in [0.3, 0.4) is 0 Å². The van der Waals surface area contributed by atoms with Gasteiger partial charge in [0.1, 0.15) is 0 Å². The lowest BCUT2D eigenvalue weighted by Crippen LogP contribution is -2.62. The first-order valence-corrected chi connectivity index (χ1v) is 10.7. The molecule has 2 fully saturated rings. The standard InChI is InChI=1S/C23H30N2O4/c1-4-29-18(26)14-22-9-5-12-25-13-11-23(21(22)25)15-6-7-16(27-2)20(28-3)19(15)24-17(23)8-10-22/h6-8,10,17,21,24H,4-5,9,11-14H2,1-3H3/t17-,21-,22-,23-/m1/s1. The molecule has 4 atom stereocenters. The van der Waals surface area contributed by atoms with E-state index < -0.39 is 0 Å². The fourth-order valence-corrected chi connectivity index (χ4v) is 6.71. The SMILES string of the molecule is CCOC(=O)C[C@]12C=C[C@H]3Nc4c(ccc(OC)c4OC)[C@]34CCN(CCC1)[C@H]24. The third-order valence-corrected chi connectivity index (χ3v) is 7.60. The highest BCUT2D eigenvalue weighted by atomic mass is 16.5. The van der Waals surface area contributed by atoms with Crippen molar-refractivity contribution in [3.05, 3.63) is 29.8 Å². The Morgan fingerprint density at radius 2 is 2.10 bits per heavy atom. The van der Waals surface area contributed by atoms with E-state index in [4.69, 9.17) is 14.2 Å². The Morgan fingerprint density at radius 1 is 1.24 bits per heavy atom. The fourth-order valence-electron chi connectivity index (χ4n) is 6.71. The summed E-state index contributed by atoms with van der Waals surface area (Å²) in [4.78, 5) is 15.2. The van der Waals surface area contributed by atoms with Crippen LogP contribution < -0.4 is 14.8 Å². The number of hydrogen-bond acceptors (Lipinski definition) is 6. The molecule has 29 heavy (non-hydrogen) atoms. The number of methoxy groups -OCH3 is 2. The van der Waals surface area contributed by atoms with Gasteiger partial charge in [-0.1, -0.05) is 18.2 Å². The van der Waals surface area contributed by atoms with Crippen LogP contribution in [-0.4, -0.2) is 56.9 Å². The topological polar surface area (TPSA) is 60.0 Å². The first kappa shape index (κ1) is 18.8. The number of esters is 1. The molecule has 1 N–H and O–H groups in total. The lowest BCUT2D eigenvalue weighted by molar-refractivity contribution is -0.147. The number of carbonyl (C=O) groups excluding carboxylic acids is 1. The number of ether oxygens (including phenoxy) is 3. The van der Waals surface area contributed by atoms with Crippen molar-refractivity contribution in [3.8, 4) is 11.5 Å². The minimum Gasteiger partial charge on any atom is -0.493 e. The van der Waals surface area contributed by atoms with Crippen molar-refractivity contribution in [2.45, 2.75) is 50.1 Å². The van der Waals surface area contributed by atoms with E-state index in [0.717, 1.165) is 49.5 Å². The molecule has 0 unspecified atom stereocenters. The predicted octanol–water partition coefficient (Wildman–Crippen LogP) is 3.11. The third kappa shape index (κ3) is 2.41. The molecule has 6 heteroatoms. The number of hydrogen-bond donors (Lipinski definition) is 1. The molecule has 4 aliphatic rings. The maximum atomic E-state index is 12.6. The van der Waals surface area contributed by atoms with E-state index in [0.29, 0.717) is 13.0 Å². The summed E-state index contributed by atoms with van der Waals surface area (Å²) in [7, 11) is 3.37. The summed E-state index contributed by atoms with van der Waals surface area (Å²) >= 11 is 0. The van der Waals surface area contributed by atoms with Gasteiger partial charge in [-0.05, 0) is 50.9 Å². The third-order valence-electron chi connectivity index (χ3n) is 7.60. The van der Waals surface area contributed by atoms with Crippen molar-refractivity contribution in [3.63, 3.8) is 0 Å². The van der Waals surface area contributed by atoms with E-state index in [1.54, 1.807) is 14.2 Å². The average Bonchev–Trinajstić information content (AvgIpc) is 3.27. The van der Waals surface area contributed by atoms with Crippen molar-refractivity contribution in [1.82, 2.24) is 4.90 Å². The van der Waals surface area contributed by atoms with Gasteiger partial charge < -0.3 is 19.5 Å². The molecule has 1 aliphatic carbocycles. The molecular formula is C23H30N2O4. The highest BCUT2D eigenvalue weighted by molar-refractivity contribution is 5.77. The van der Waals surface area contributed by atoms with Crippen LogP contribution in [0, 0.1) is 5.41 Å². The van der Waals surface area contributed by atoms with Crippen molar-refractivity contribution < 1.29 is 19.0 Å². The largest absolute Gasteiger partial charge is 0.493 e. The second-order valence-electron chi connectivity index (χ2n) is 8.75. The molecule has 0 radical (unpaired) electrons. The summed E-state index contributed by atoms with van der Waals surface area (Å²) < 4.78 is 16.7. The number of carbonyl (C=O) groups is 1. The molecular weight excluding hydrogens is 368 g/mol. The van der Waals surface area contributed by atoms with Crippen LogP contribution in [-0.2, 0) is 14.9 Å². The summed E-state index contributed by atoms with van der Waals surface area (Å²) in [5.74, 6) is 1.43. The number of benzene rings is 1. The monoisotopic (exact) mass is 398 g/mol. The summed E-state index contributed by atoms with van der Waals surface area (Å²) in [6, 6.07) is 4.71. The van der Waals surface area contributed by atoms with E-state index in [1.807, 2.05) is 13.0 Å². The smallest absolute Gasteiger partial charge is 0.306 e. The quantitative estimate of drug-likeness (QED) is 0.608. The maximum absolute atomic E-state index is 12.6. The van der Waals surface area contributed by atoms with E-state index in [9.17, 15) is 4.79 Å². The minimum atomic E-state index is -0.173. The van der Waals surface area contributed by atoms with Gasteiger partial charge in [0.05, 0.1) is 39.0 Å². The molecule has 156 valence electrons. The number of fused-ring (bicyclic) bond motifs is 1. The second kappa shape index (κ2) is 6.66. The average molecular weight is 399 g/mol. The number of piperidine rings is 1. The summed E-state index contributed by atoms with van der Waals surface area (Å²) in [6.07, 6.45) is 8.30. The van der Waals surface area contributed by atoms with Crippen LogP contribution in [0.2, 0.25) is 0 Å². The predicted molar refractivity (Wildman–Crippen MR) is 111 cm³/mol. The zero-order valence-electron chi connectivity index (χ0n) is 17.5. The molecule has 0 saturated carbocycles. The molecule has 5 rings (SSSR count). The molecule has 1 aromatic rings. The van der Waals surface area contributed by atoms with Gasteiger partial charge in [0.25, 0.3) is 0 Å². The Labute approximate surface area is 172 Å². The minimum absolute atomic E-state index is 0.0590. The Kier molecular flexibility index (Phi) is 4.32. The van der Waals surface area contributed by atoms with Gasteiger partial charge in [-0.3, -0.25) is 9.69 Å². The van der Waals surface area contributed by atoms with Gasteiger partial charge in [0.2, 0.25) is 0 Å². The van der Waals surface area contributed by atoms with Gasteiger partial charge in [0.15, 0.2) is 11.5 Å². The van der Waals surface area contributed by atoms with Gasteiger partial charge in [-0.15, -0.1) is 0 Å². The van der Waals surface area contributed by atoms with Gasteiger partial charge in [-0.25, -0.2) is 0 Å². The molecule has 6 nitrogen and oxygen atoms in total. The fraction of sp³-hybridized carbons (Fsp3) is 0.609. The number of rotatable bonds is 5. The first-order valence-electron chi connectivity index (χ1n) is 10.7. The maximum Gasteiger partial charge on any atom is 0.306 e. The van der Waals surface area contributed by atoms with Crippen LogP contribution in [0.25, 0.3) is 0 Å². The van der Waals surface area contributed by atoms with Crippen LogP contribution in [0.5, 0.6) is 11.5 Å². The van der Waals surface area contributed by atoms with Crippen molar-refractivity contribution in [2.75, 3.05) is 39.2 Å². The molecule has 0 amide bonds. The lowest BCUT2D eigenvalue weighted by Gasteiger charge is -2.54. The molecule has 2 saturated heterocycles. The summed E-state index contributed by atoms with van der Waals surface area (Å²) in [5.41, 5.74) is 2.11. The molecule has 1 spiro atoms. The van der Waals surface area contributed by atoms with Crippen molar-refractivity contribution >= 4 is 11.7 Å². The molecule has 0 bridgehead atoms. The van der Waals surface area contributed by atoms with Crippen LogP contribution in [0.4, 0.5) is 5.69 Å². The van der Waals surface area contributed by atoms with E-state index in [1.165, 1.54) is 5.56 Å². The van der Waals surface area contributed by atoms with Crippen LogP contribution in [0.1, 0.15) is 38.2 Å². The Balaban J connectivity index is 1.65. The normalized spacial score (nSPS) is 34.0. The zero-order valence-corrected chi connectivity index (χ0v) is 17.5. The van der Waals surface area contributed by atoms with Crippen molar-refractivity contribution in [2.24, 2.45) is 5.41 Å². The zero-order chi connectivity index (χ0) is 20.2. The lowest BCUT2D eigenvalue weighted by atomic mass is 9.55. The first-order chi connectivity index (χ1) is 14.1. The number of anilines is 1. The van der Waals surface area contributed by atoms with Crippen LogP contribution >= 0.6 is 0 Å². The van der Waals surface area contributed by atoms with Gasteiger partial charge >= 0.3 is 5.97 Å². The molecule has 3 heterocycles. The van der Waals surface area contributed by atoms with Gasteiger partial charge in [-0.2, -0.15) is 0 Å². The van der Waals surface area contributed by atoms with E-state index in [2.05, 4.69) is 28.4 Å². The summed E-state index contributed by atoms with van der Waals surface area (Å²) in [5, 5.41) is 3.74. The summed E-state index contributed by atoms with van der Waals surface area (Å²) in [6.45, 7) is 4.47. The highest BCUT2D eigenvalue weighted by Crippen LogP contribution is 2.63.